The van der Waals surface area contributed by atoms with Gasteiger partial charge in [-0.05, 0) is 52.9 Å². The summed E-state index contributed by atoms with van der Waals surface area (Å²) >= 11 is 0. The fourth-order valence-corrected chi connectivity index (χ4v) is 2.60. The van der Waals surface area contributed by atoms with E-state index >= 15 is 0 Å². The molecule has 1 aromatic heterocycles. The van der Waals surface area contributed by atoms with Gasteiger partial charge >= 0.3 is 0 Å². The number of sulfonamides is 1. The van der Waals surface area contributed by atoms with E-state index in [9.17, 15) is 17.6 Å². The van der Waals surface area contributed by atoms with Crippen LogP contribution in [0.25, 0.3) is 5.69 Å². The first-order valence-corrected chi connectivity index (χ1v) is 8.36. The minimum atomic E-state index is -3.83. The zero-order valence-electron chi connectivity index (χ0n) is 12.5. The number of primary sulfonamides is 1. The van der Waals surface area contributed by atoms with E-state index in [0.29, 0.717) is 5.69 Å². The van der Waals surface area contributed by atoms with E-state index in [1.807, 2.05) is 0 Å². The first kappa shape index (κ1) is 16.7. The SMILES string of the molecule is NS(=O)(=O)c1ccc(NC(=O)c2cc(F)ccc2-n2cnnn2)cc1. The second kappa shape index (κ2) is 6.37. The fourth-order valence-electron chi connectivity index (χ4n) is 2.09. The van der Waals surface area contributed by atoms with Crippen LogP contribution >= 0.6 is 0 Å². The molecule has 0 fully saturated rings. The zero-order chi connectivity index (χ0) is 18.0. The molecule has 9 nitrogen and oxygen atoms in total. The summed E-state index contributed by atoms with van der Waals surface area (Å²) in [5.74, 6) is -1.22. The van der Waals surface area contributed by atoms with Crippen molar-refractivity contribution in [3.05, 3.63) is 60.2 Å². The second-order valence-corrected chi connectivity index (χ2v) is 6.50. The number of halogens is 1. The maximum absolute atomic E-state index is 13.6. The van der Waals surface area contributed by atoms with Crippen LogP contribution < -0.4 is 10.5 Å². The van der Waals surface area contributed by atoms with Gasteiger partial charge in [0.2, 0.25) is 10.0 Å². The summed E-state index contributed by atoms with van der Waals surface area (Å²) in [4.78, 5) is 12.4. The minimum Gasteiger partial charge on any atom is -0.322 e. The molecule has 0 aliphatic heterocycles. The lowest BCUT2D eigenvalue weighted by Gasteiger charge is -2.10. The van der Waals surface area contributed by atoms with Crippen molar-refractivity contribution in [2.75, 3.05) is 5.32 Å². The summed E-state index contributed by atoms with van der Waals surface area (Å²) in [6.45, 7) is 0. The van der Waals surface area contributed by atoms with Crippen molar-refractivity contribution < 1.29 is 17.6 Å². The lowest BCUT2D eigenvalue weighted by Crippen LogP contribution is -2.16. The number of nitrogens with one attached hydrogen (secondary N) is 1. The highest BCUT2D eigenvalue weighted by Gasteiger charge is 2.16. The highest BCUT2D eigenvalue weighted by Crippen LogP contribution is 2.18. The van der Waals surface area contributed by atoms with Crippen molar-refractivity contribution >= 4 is 21.6 Å². The second-order valence-electron chi connectivity index (χ2n) is 4.94. The summed E-state index contributed by atoms with van der Waals surface area (Å²) in [6, 6.07) is 8.82. The molecule has 0 saturated heterocycles. The Balaban J connectivity index is 1.90. The highest BCUT2D eigenvalue weighted by molar-refractivity contribution is 7.89. The van der Waals surface area contributed by atoms with Crippen LogP contribution in [0.15, 0.2) is 53.7 Å². The lowest BCUT2D eigenvalue weighted by molar-refractivity contribution is 0.102. The Labute approximate surface area is 141 Å². The molecule has 128 valence electrons. The number of nitrogens with two attached hydrogens (primary N) is 1. The number of amides is 1. The van der Waals surface area contributed by atoms with Gasteiger partial charge in [0.15, 0.2) is 0 Å². The Morgan fingerprint density at radius 3 is 2.48 bits per heavy atom. The van der Waals surface area contributed by atoms with Crippen LogP contribution in [0.1, 0.15) is 10.4 Å². The molecule has 1 heterocycles. The van der Waals surface area contributed by atoms with Gasteiger partial charge < -0.3 is 5.32 Å². The van der Waals surface area contributed by atoms with E-state index < -0.39 is 21.7 Å². The monoisotopic (exact) mass is 362 g/mol. The third-order valence-electron chi connectivity index (χ3n) is 3.24. The molecule has 0 radical (unpaired) electrons. The average molecular weight is 362 g/mol. The smallest absolute Gasteiger partial charge is 0.257 e. The third-order valence-corrected chi connectivity index (χ3v) is 4.17. The Hall–Kier alpha value is -3.18. The van der Waals surface area contributed by atoms with E-state index in [2.05, 4.69) is 20.8 Å². The molecule has 0 unspecified atom stereocenters. The molecule has 11 heteroatoms. The number of tetrazole rings is 1. The normalized spacial score (nSPS) is 11.3. The summed E-state index contributed by atoms with van der Waals surface area (Å²) in [7, 11) is -3.83. The molecule has 1 amide bonds. The van der Waals surface area contributed by atoms with Gasteiger partial charge in [-0.25, -0.2) is 17.9 Å². The molecule has 0 aliphatic carbocycles. The van der Waals surface area contributed by atoms with E-state index in [-0.39, 0.29) is 16.1 Å². The quantitative estimate of drug-likeness (QED) is 0.702. The van der Waals surface area contributed by atoms with Gasteiger partial charge in [-0.2, -0.15) is 4.68 Å². The maximum atomic E-state index is 13.6. The van der Waals surface area contributed by atoms with Crippen LogP contribution in [0.4, 0.5) is 10.1 Å². The molecule has 0 saturated carbocycles. The summed E-state index contributed by atoms with van der Waals surface area (Å²) in [6.07, 6.45) is 1.27. The van der Waals surface area contributed by atoms with Gasteiger partial charge in [0.05, 0.1) is 16.1 Å². The number of carbonyl (C=O) groups excluding carboxylic acids is 1. The van der Waals surface area contributed by atoms with Crippen LogP contribution in [0, 0.1) is 5.82 Å². The Kier molecular flexibility index (Phi) is 4.25. The average Bonchev–Trinajstić information content (AvgIpc) is 3.08. The van der Waals surface area contributed by atoms with Gasteiger partial charge in [0, 0.05) is 5.69 Å². The van der Waals surface area contributed by atoms with Crippen molar-refractivity contribution in [3.63, 3.8) is 0 Å². The van der Waals surface area contributed by atoms with Gasteiger partial charge in [-0.15, -0.1) is 5.10 Å². The van der Waals surface area contributed by atoms with Crippen molar-refractivity contribution in [3.8, 4) is 5.69 Å². The largest absolute Gasteiger partial charge is 0.322 e. The Bertz CT molecular complexity index is 1020. The van der Waals surface area contributed by atoms with Crippen molar-refractivity contribution in [1.29, 1.82) is 0 Å². The van der Waals surface area contributed by atoms with Gasteiger partial charge in [0.25, 0.3) is 5.91 Å². The molecule has 3 rings (SSSR count). The van der Waals surface area contributed by atoms with Crippen LogP contribution in [0.2, 0.25) is 0 Å². The zero-order valence-corrected chi connectivity index (χ0v) is 13.3. The van der Waals surface area contributed by atoms with Gasteiger partial charge in [-0.1, -0.05) is 0 Å². The predicted molar refractivity (Wildman–Crippen MR) is 84.9 cm³/mol. The van der Waals surface area contributed by atoms with E-state index in [4.69, 9.17) is 5.14 Å². The number of hydrogen-bond donors (Lipinski definition) is 2. The first-order chi connectivity index (χ1) is 11.8. The summed E-state index contributed by atoms with van der Waals surface area (Å²) in [5, 5.41) is 18.2. The Morgan fingerprint density at radius 2 is 1.88 bits per heavy atom. The molecular weight excluding hydrogens is 351 g/mol. The highest BCUT2D eigenvalue weighted by atomic mass is 32.2. The summed E-state index contributed by atoms with van der Waals surface area (Å²) in [5.41, 5.74) is 0.595. The number of benzene rings is 2. The number of rotatable bonds is 4. The molecule has 0 atom stereocenters. The minimum absolute atomic E-state index is 0.00261. The molecule has 0 bridgehead atoms. The maximum Gasteiger partial charge on any atom is 0.257 e. The number of nitrogens with zero attached hydrogens (tertiary/aromatic N) is 4. The number of aromatic nitrogens is 4. The van der Waals surface area contributed by atoms with Crippen LogP contribution in [-0.2, 0) is 10.0 Å². The number of anilines is 1. The first-order valence-electron chi connectivity index (χ1n) is 6.82. The number of carbonyl (C=O) groups is 1. The van der Waals surface area contributed by atoms with E-state index in [1.165, 1.54) is 47.4 Å². The standard InChI is InChI=1S/C14H11FN6O3S/c15-9-1-6-13(21-8-17-19-20-21)12(7-9)14(22)18-10-2-4-11(5-3-10)25(16,23)24/h1-8H,(H,18,22)(H2,16,23,24). The van der Waals surface area contributed by atoms with Gasteiger partial charge in [0.1, 0.15) is 12.1 Å². The molecule has 25 heavy (non-hydrogen) atoms. The van der Waals surface area contributed by atoms with Crippen molar-refractivity contribution in [2.24, 2.45) is 5.14 Å². The molecule has 2 aromatic carbocycles. The lowest BCUT2D eigenvalue weighted by atomic mass is 10.1. The molecule has 0 aliphatic rings. The van der Waals surface area contributed by atoms with Crippen molar-refractivity contribution in [2.45, 2.75) is 4.90 Å². The van der Waals surface area contributed by atoms with Crippen LogP contribution in [0.5, 0.6) is 0 Å². The fraction of sp³-hybridized carbons (Fsp3) is 0. The molecule has 3 aromatic rings. The Morgan fingerprint density at radius 1 is 1.16 bits per heavy atom. The topological polar surface area (TPSA) is 133 Å². The van der Waals surface area contributed by atoms with Crippen LogP contribution in [-0.4, -0.2) is 34.5 Å². The van der Waals surface area contributed by atoms with E-state index in [1.54, 1.807) is 0 Å². The van der Waals surface area contributed by atoms with Gasteiger partial charge in [-0.3, -0.25) is 4.79 Å². The predicted octanol–water partition coefficient (Wildman–Crippen LogP) is 0.701. The third kappa shape index (κ3) is 3.67. The molecule has 0 spiro atoms. The molecular formula is C14H11FN6O3S. The van der Waals surface area contributed by atoms with E-state index in [0.717, 1.165) is 6.07 Å². The molecule has 3 N–H and O–H groups in total. The summed E-state index contributed by atoms with van der Waals surface area (Å²) < 4.78 is 37.2. The van der Waals surface area contributed by atoms with Crippen LogP contribution in [0.3, 0.4) is 0 Å². The van der Waals surface area contributed by atoms with Crippen molar-refractivity contribution in [1.82, 2.24) is 20.2 Å². The number of hydrogen-bond acceptors (Lipinski definition) is 6.